The Bertz CT molecular complexity index is 401. The highest BCUT2D eigenvalue weighted by molar-refractivity contribution is 5.96. The number of amidine groups is 1. The summed E-state index contributed by atoms with van der Waals surface area (Å²) in [6.45, 7) is 3.53. The van der Waals surface area contributed by atoms with Crippen LogP contribution in [-0.4, -0.2) is 22.6 Å². The summed E-state index contributed by atoms with van der Waals surface area (Å²) >= 11 is 0. The Labute approximate surface area is 101 Å². The monoisotopic (exact) mass is 234 g/mol. The van der Waals surface area contributed by atoms with Gasteiger partial charge in [0.2, 0.25) is 0 Å². The second-order valence-corrected chi connectivity index (χ2v) is 3.53. The van der Waals surface area contributed by atoms with E-state index in [0.717, 1.165) is 18.5 Å². The molecule has 92 valence electrons. The summed E-state index contributed by atoms with van der Waals surface area (Å²) in [6, 6.07) is 3.74. The highest BCUT2D eigenvalue weighted by Gasteiger charge is 2.06. The quantitative estimate of drug-likeness (QED) is 0.173. The van der Waals surface area contributed by atoms with E-state index in [9.17, 15) is 0 Å². The van der Waals surface area contributed by atoms with Crippen LogP contribution in [0.1, 0.15) is 24.6 Å². The van der Waals surface area contributed by atoms with Crippen molar-refractivity contribution in [1.82, 2.24) is 10.3 Å². The molecule has 0 aliphatic rings. The van der Waals surface area contributed by atoms with Gasteiger partial charge in [-0.15, -0.1) is 0 Å². The van der Waals surface area contributed by atoms with Crippen molar-refractivity contribution >= 4 is 5.84 Å². The van der Waals surface area contributed by atoms with Crippen LogP contribution in [0.15, 0.2) is 35.6 Å². The minimum Gasteiger partial charge on any atom is -0.409 e. The predicted octanol–water partition coefficient (Wildman–Crippen LogP) is 1.23. The van der Waals surface area contributed by atoms with Crippen molar-refractivity contribution in [2.24, 2.45) is 10.9 Å². The number of oxime groups is 1. The van der Waals surface area contributed by atoms with Crippen LogP contribution in [0.4, 0.5) is 0 Å². The molecule has 0 saturated heterocycles. The van der Waals surface area contributed by atoms with Gasteiger partial charge in [-0.25, -0.2) is 0 Å². The van der Waals surface area contributed by atoms with Crippen LogP contribution in [0.3, 0.4) is 0 Å². The number of hydrogen-bond acceptors (Lipinski definition) is 4. The zero-order valence-electron chi connectivity index (χ0n) is 9.93. The van der Waals surface area contributed by atoms with Crippen molar-refractivity contribution in [3.05, 3.63) is 41.7 Å². The van der Waals surface area contributed by atoms with Gasteiger partial charge in [-0.2, -0.15) is 0 Å². The SMILES string of the molecule is C/C=C/CCNCc1cccnc1/C(N)=N/O. The van der Waals surface area contributed by atoms with Gasteiger partial charge in [-0.3, -0.25) is 4.98 Å². The van der Waals surface area contributed by atoms with Crippen molar-refractivity contribution in [3.8, 4) is 0 Å². The molecule has 1 aromatic rings. The van der Waals surface area contributed by atoms with Gasteiger partial charge in [-0.05, 0) is 31.5 Å². The van der Waals surface area contributed by atoms with E-state index in [1.165, 1.54) is 0 Å². The molecule has 1 aromatic heterocycles. The Kier molecular flexibility index (Phi) is 5.74. The maximum Gasteiger partial charge on any atom is 0.189 e. The summed E-state index contributed by atoms with van der Waals surface area (Å²) in [6.07, 6.45) is 6.72. The highest BCUT2D eigenvalue weighted by atomic mass is 16.4. The Balaban J connectivity index is 2.58. The second kappa shape index (κ2) is 7.40. The van der Waals surface area contributed by atoms with Crippen molar-refractivity contribution in [1.29, 1.82) is 0 Å². The van der Waals surface area contributed by atoms with Gasteiger partial charge in [0.05, 0.1) is 0 Å². The topological polar surface area (TPSA) is 83.5 Å². The van der Waals surface area contributed by atoms with E-state index >= 15 is 0 Å². The number of nitrogens with two attached hydrogens (primary N) is 1. The van der Waals surface area contributed by atoms with Crippen LogP contribution < -0.4 is 11.1 Å². The fourth-order valence-corrected chi connectivity index (χ4v) is 1.43. The number of rotatable bonds is 6. The molecule has 0 aromatic carbocycles. The van der Waals surface area contributed by atoms with Crippen LogP contribution in [0.5, 0.6) is 0 Å². The Morgan fingerprint density at radius 2 is 2.47 bits per heavy atom. The Morgan fingerprint density at radius 1 is 1.65 bits per heavy atom. The van der Waals surface area contributed by atoms with Gasteiger partial charge in [0.1, 0.15) is 5.69 Å². The first-order chi connectivity index (χ1) is 8.29. The number of allylic oxidation sites excluding steroid dienone is 1. The van der Waals surface area contributed by atoms with Gasteiger partial charge >= 0.3 is 0 Å². The minimum atomic E-state index is 0.0378. The van der Waals surface area contributed by atoms with E-state index in [-0.39, 0.29) is 5.84 Å². The molecule has 5 nitrogen and oxygen atoms in total. The molecule has 4 N–H and O–H groups in total. The fourth-order valence-electron chi connectivity index (χ4n) is 1.43. The summed E-state index contributed by atoms with van der Waals surface area (Å²) in [7, 11) is 0. The summed E-state index contributed by atoms with van der Waals surface area (Å²) in [4.78, 5) is 4.09. The molecule has 0 unspecified atom stereocenters. The van der Waals surface area contributed by atoms with Gasteiger partial charge in [-0.1, -0.05) is 23.4 Å². The lowest BCUT2D eigenvalue weighted by molar-refractivity contribution is 0.318. The zero-order chi connectivity index (χ0) is 12.5. The average Bonchev–Trinajstić information content (AvgIpc) is 2.38. The van der Waals surface area contributed by atoms with Crippen molar-refractivity contribution < 1.29 is 5.21 Å². The van der Waals surface area contributed by atoms with E-state index in [4.69, 9.17) is 10.9 Å². The number of pyridine rings is 1. The number of hydrogen-bond donors (Lipinski definition) is 3. The maximum atomic E-state index is 8.65. The number of nitrogens with one attached hydrogen (secondary N) is 1. The molecule has 0 aliphatic heterocycles. The molecule has 0 aliphatic carbocycles. The molecule has 5 heteroatoms. The largest absolute Gasteiger partial charge is 0.409 e. The third kappa shape index (κ3) is 4.24. The highest BCUT2D eigenvalue weighted by Crippen LogP contribution is 2.04. The van der Waals surface area contributed by atoms with E-state index in [1.807, 2.05) is 25.1 Å². The van der Waals surface area contributed by atoms with E-state index < -0.39 is 0 Å². The second-order valence-electron chi connectivity index (χ2n) is 3.53. The predicted molar refractivity (Wildman–Crippen MR) is 67.9 cm³/mol. The van der Waals surface area contributed by atoms with Crippen LogP contribution in [0.25, 0.3) is 0 Å². The Hall–Kier alpha value is -1.88. The van der Waals surface area contributed by atoms with Gasteiger partial charge in [0.15, 0.2) is 5.84 Å². The van der Waals surface area contributed by atoms with Gasteiger partial charge < -0.3 is 16.3 Å². The molecule has 1 heterocycles. The first-order valence-corrected chi connectivity index (χ1v) is 5.53. The zero-order valence-corrected chi connectivity index (χ0v) is 9.93. The van der Waals surface area contributed by atoms with Crippen molar-refractivity contribution in [3.63, 3.8) is 0 Å². The molecular weight excluding hydrogens is 216 g/mol. The summed E-state index contributed by atoms with van der Waals surface area (Å²) in [5.74, 6) is 0.0378. The summed E-state index contributed by atoms with van der Waals surface area (Å²) in [5.41, 5.74) is 6.99. The molecule has 0 atom stereocenters. The van der Waals surface area contributed by atoms with Crippen LogP contribution in [0.2, 0.25) is 0 Å². The van der Waals surface area contributed by atoms with Crippen molar-refractivity contribution in [2.75, 3.05) is 6.54 Å². The fraction of sp³-hybridized carbons (Fsp3) is 0.333. The van der Waals surface area contributed by atoms with Crippen LogP contribution in [-0.2, 0) is 6.54 Å². The lowest BCUT2D eigenvalue weighted by atomic mass is 10.2. The average molecular weight is 234 g/mol. The smallest absolute Gasteiger partial charge is 0.189 e. The van der Waals surface area contributed by atoms with Crippen LogP contribution in [0, 0.1) is 0 Å². The molecular formula is C12H18N4O. The summed E-state index contributed by atoms with van der Waals surface area (Å²) < 4.78 is 0. The third-order valence-corrected chi connectivity index (χ3v) is 2.28. The number of nitrogens with zero attached hydrogens (tertiary/aromatic N) is 2. The number of aromatic nitrogens is 1. The van der Waals surface area contributed by atoms with Gasteiger partial charge in [0.25, 0.3) is 0 Å². The molecule has 1 rings (SSSR count). The first kappa shape index (κ1) is 13.2. The van der Waals surface area contributed by atoms with Crippen LogP contribution >= 0.6 is 0 Å². The molecule has 0 saturated carbocycles. The van der Waals surface area contributed by atoms with Gasteiger partial charge in [0, 0.05) is 12.7 Å². The standard InChI is InChI=1S/C12H18N4O/c1-2-3-4-7-14-9-10-6-5-8-15-11(10)12(13)16-17/h2-3,5-6,8,14,17H,4,7,9H2,1H3,(H2,13,16)/b3-2+. The molecule has 0 bridgehead atoms. The summed E-state index contributed by atoms with van der Waals surface area (Å²) in [5, 5.41) is 14.9. The van der Waals surface area contributed by atoms with E-state index in [2.05, 4.69) is 21.5 Å². The molecule has 17 heavy (non-hydrogen) atoms. The molecule has 0 spiro atoms. The minimum absolute atomic E-state index is 0.0378. The van der Waals surface area contributed by atoms with E-state index in [1.54, 1.807) is 6.20 Å². The normalized spacial score (nSPS) is 12.2. The third-order valence-electron chi connectivity index (χ3n) is 2.28. The first-order valence-electron chi connectivity index (χ1n) is 5.53. The lowest BCUT2D eigenvalue weighted by Gasteiger charge is -2.07. The lowest BCUT2D eigenvalue weighted by Crippen LogP contribution is -2.21. The molecule has 0 fully saturated rings. The maximum absolute atomic E-state index is 8.65. The Morgan fingerprint density at radius 3 is 3.18 bits per heavy atom. The van der Waals surface area contributed by atoms with E-state index in [0.29, 0.717) is 12.2 Å². The molecule has 0 radical (unpaired) electrons. The molecule has 0 amide bonds. The van der Waals surface area contributed by atoms with Crippen molar-refractivity contribution in [2.45, 2.75) is 19.9 Å².